The molecule has 0 spiro atoms. The fourth-order valence-electron chi connectivity index (χ4n) is 2.68. The van der Waals surface area contributed by atoms with Gasteiger partial charge in [0.1, 0.15) is 0 Å². The van der Waals surface area contributed by atoms with Crippen molar-refractivity contribution in [1.82, 2.24) is 15.5 Å². The van der Waals surface area contributed by atoms with Crippen LogP contribution < -0.4 is 16.4 Å². The van der Waals surface area contributed by atoms with Gasteiger partial charge in [-0.25, -0.2) is 0 Å². The Balaban J connectivity index is 2.58. The molecule has 1 atom stereocenters. The lowest BCUT2D eigenvalue weighted by molar-refractivity contribution is -0.129. The lowest BCUT2D eigenvalue weighted by Crippen LogP contribution is -2.55. The highest BCUT2D eigenvalue weighted by Gasteiger charge is 2.30. The number of nitrogens with one attached hydrogen (secondary N) is 2. The Bertz CT molecular complexity index is 341. The summed E-state index contributed by atoms with van der Waals surface area (Å²) in [6.45, 7) is 8.77. The van der Waals surface area contributed by atoms with Crippen molar-refractivity contribution in [2.45, 2.75) is 52.1 Å². The van der Waals surface area contributed by atoms with Crippen molar-refractivity contribution in [2.24, 2.45) is 11.7 Å². The molecule has 4 N–H and O–H groups in total. The summed E-state index contributed by atoms with van der Waals surface area (Å²) in [6, 6.07) is -0.0858. The van der Waals surface area contributed by atoms with E-state index in [2.05, 4.69) is 24.5 Å². The summed E-state index contributed by atoms with van der Waals surface area (Å²) in [4.78, 5) is 25.5. The molecule has 0 aromatic rings. The second-order valence-corrected chi connectivity index (χ2v) is 6.27. The van der Waals surface area contributed by atoms with Gasteiger partial charge in [-0.05, 0) is 45.2 Å². The fourth-order valence-corrected chi connectivity index (χ4v) is 2.68. The van der Waals surface area contributed by atoms with Crippen molar-refractivity contribution < 1.29 is 9.59 Å². The zero-order valence-corrected chi connectivity index (χ0v) is 13.5. The first-order valence-electron chi connectivity index (χ1n) is 7.94. The van der Waals surface area contributed by atoms with Gasteiger partial charge in [0.2, 0.25) is 11.8 Å². The van der Waals surface area contributed by atoms with Gasteiger partial charge in [0.05, 0.1) is 12.6 Å². The lowest BCUT2D eigenvalue weighted by atomic mass is 10.0. The van der Waals surface area contributed by atoms with Gasteiger partial charge in [0.15, 0.2) is 0 Å². The minimum atomic E-state index is -0.379. The van der Waals surface area contributed by atoms with Gasteiger partial charge in [0.25, 0.3) is 0 Å². The molecule has 1 saturated heterocycles. The molecule has 1 fully saturated rings. The number of hydrogen-bond acceptors (Lipinski definition) is 4. The quantitative estimate of drug-likeness (QED) is 0.592. The van der Waals surface area contributed by atoms with Crippen LogP contribution in [0.25, 0.3) is 0 Å². The van der Waals surface area contributed by atoms with Gasteiger partial charge in [-0.3, -0.25) is 14.5 Å². The van der Waals surface area contributed by atoms with E-state index in [1.807, 2.05) is 11.8 Å². The summed E-state index contributed by atoms with van der Waals surface area (Å²) in [7, 11) is 0. The van der Waals surface area contributed by atoms with Crippen molar-refractivity contribution in [3.8, 4) is 0 Å². The third kappa shape index (κ3) is 6.44. The lowest BCUT2D eigenvalue weighted by Gasteiger charge is -2.37. The third-order valence-electron chi connectivity index (χ3n) is 4.01. The Hall–Kier alpha value is -1.14. The van der Waals surface area contributed by atoms with Crippen LogP contribution in [0.5, 0.6) is 0 Å². The minimum Gasteiger partial charge on any atom is -0.369 e. The molecule has 6 heteroatoms. The van der Waals surface area contributed by atoms with E-state index in [9.17, 15) is 9.59 Å². The molecule has 0 aromatic carbocycles. The Labute approximate surface area is 127 Å². The number of rotatable bonds is 8. The summed E-state index contributed by atoms with van der Waals surface area (Å²) >= 11 is 0. The van der Waals surface area contributed by atoms with Crippen LogP contribution in [0.4, 0.5) is 0 Å². The van der Waals surface area contributed by atoms with Gasteiger partial charge >= 0.3 is 0 Å². The Morgan fingerprint density at radius 3 is 2.43 bits per heavy atom. The normalized spacial score (nSPS) is 18.0. The molecule has 0 radical (unpaired) electrons. The second kappa shape index (κ2) is 9.00. The molecule has 6 nitrogen and oxygen atoms in total. The van der Waals surface area contributed by atoms with E-state index in [1.165, 1.54) is 0 Å². The summed E-state index contributed by atoms with van der Waals surface area (Å²) in [5.41, 5.74) is 5.35. The van der Waals surface area contributed by atoms with Crippen LogP contribution >= 0.6 is 0 Å². The van der Waals surface area contributed by atoms with Gasteiger partial charge in [0, 0.05) is 12.6 Å². The Morgan fingerprint density at radius 1 is 1.29 bits per heavy atom. The van der Waals surface area contributed by atoms with Crippen molar-refractivity contribution in [3.05, 3.63) is 0 Å². The maximum Gasteiger partial charge on any atom is 0.237 e. The van der Waals surface area contributed by atoms with E-state index < -0.39 is 0 Å². The van der Waals surface area contributed by atoms with Crippen molar-refractivity contribution in [2.75, 3.05) is 26.2 Å². The van der Waals surface area contributed by atoms with Crippen molar-refractivity contribution >= 4 is 11.8 Å². The molecule has 0 bridgehead atoms. The van der Waals surface area contributed by atoms with Crippen LogP contribution in [-0.2, 0) is 9.59 Å². The Morgan fingerprint density at radius 2 is 1.90 bits per heavy atom. The summed E-state index contributed by atoms with van der Waals surface area (Å²) < 4.78 is 0. The minimum absolute atomic E-state index is 0.0181. The molecule has 1 aliphatic rings. The van der Waals surface area contributed by atoms with Crippen LogP contribution in [0, 0.1) is 5.92 Å². The number of piperidine rings is 1. The number of hydrogen-bond donors (Lipinski definition) is 3. The number of carbonyl (C=O) groups is 2. The summed E-state index contributed by atoms with van der Waals surface area (Å²) in [5, 5.41) is 6.25. The standard InChI is InChI=1S/C15H30N4O2/c1-11(2)4-9-18-15(21)12(3)19(10-14(16)20)13-5-7-17-8-6-13/h11-13,17H,4-10H2,1-3H3,(H2,16,20)(H,18,21). The van der Waals surface area contributed by atoms with E-state index in [0.717, 1.165) is 32.4 Å². The first-order chi connectivity index (χ1) is 9.91. The van der Waals surface area contributed by atoms with E-state index in [1.54, 1.807) is 0 Å². The van der Waals surface area contributed by atoms with Gasteiger partial charge in [-0.1, -0.05) is 13.8 Å². The van der Waals surface area contributed by atoms with Gasteiger partial charge in [-0.2, -0.15) is 0 Å². The van der Waals surface area contributed by atoms with E-state index >= 15 is 0 Å². The van der Waals surface area contributed by atoms with E-state index in [4.69, 9.17) is 5.73 Å². The molecule has 1 aliphatic heterocycles. The topological polar surface area (TPSA) is 87.5 Å². The van der Waals surface area contributed by atoms with Gasteiger partial charge < -0.3 is 16.4 Å². The van der Waals surface area contributed by atoms with Crippen LogP contribution in [-0.4, -0.2) is 55.0 Å². The van der Waals surface area contributed by atoms with Crippen LogP contribution in [0.3, 0.4) is 0 Å². The van der Waals surface area contributed by atoms with E-state index in [0.29, 0.717) is 12.5 Å². The highest BCUT2D eigenvalue weighted by Crippen LogP contribution is 2.15. The van der Waals surface area contributed by atoms with Crippen LogP contribution in [0.1, 0.15) is 40.0 Å². The molecule has 1 rings (SSSR count). The third-order valence-corrected chi connectivity index (χ3v) is 4.01. The number of amides is 2. The van der Waals surface area contributed by atoms with Crippen LogP contribution in [0.2, 0.25) is 0 Å². The molecule has 122 valence electrons. The molecular weight excluding hydrogens is 268 g/mol. The molecule has 21 heavy (non-hydrogen) atoms. The smallest absolute Gasteiger partial charge is 0.237 e. The summed E-state index contributed by atoms with van der Waals surface area (Å²) in [5.74, 6) is 0.164. The predicted octanol–water partition coefficient (Wildman–Crippen LogP) is 0.0765. The monoisotopic (exact) mass is 298 g/mol. The summed E-state index contributed by atoms with van der Waals surface area (Å²) in [6.07, 6.45) is 2.84. The largest absolute Gasteiger partial charge is 0.369 e. The number of carbonyl (C=O) groups excluding carboxylic acids is 2. The highest BCUT2D eigenvalue weighted by molar-refractivity contribution is 5.83. The average molecular weight is 298 g/mol. The van der Waals surface area contributed by atoms with Gasteiger partial charge in [-0.15, -0.1) is 0 Å². The number of primary amides is 1. The average Bonchev–Trinajstić information content (AvgIpc) is 2.44. The molecule has 1 unspecified atom stereocenters. The molecular formula is C15H30N4O2. The molecule has 1 heterocycles. The first-order valence-corrected chi connectivity index (χ1v) is 7.94. The second-order valence-electron chi connectivity index (χ2n) is 6.27. The molecule has 0 aliphatic carbocycles. The Kier molecular flexibility index (Phi) is 7.67. The number of nitrogens with zero attached hydrogens (tertiary/aromatic N) is 1. The van der Waals surface area contributed by atoms with Crippen LogP contribution in [0.15, 0.2) is 0 Å². The maximum atomic E-state index is 12.3. The highest BCUT2D eigenvalue weighted by atomic mass is 16.2. The molecule has 0 aromatic heterocycles. The zero-order valence-electron chi connectivity index (χ0n) is 13.5. The van der Waals surface area contributed by atoms with Crippen molar-refractivity contribution in [3.63, 3.8) is 0 Å². The van der Waals surface area contributed by atoms with Crippen molar-refractivity contribution in [1.29, 1.82) is 0 Å². The zero-order chi connectivity index (χ0) is 15.8. The molecule has 0 saturated carbocycles. The predicted molar refractivity (Wildman–Crippen MR) is 83.7 cm³/mol. The fraction of sp³-hybridized carbons (Fsp3) is 0.867. The maximum absolute atomic E-state index is 12.3. The van der Waals surface area contributed by atoms with E-state index in [-0.39, 0.29) is 30.4 Å². The SMILES string of the molecule is CC(C)CCNC(=O)C(C)N(CC(N)=O)C1CCNCC1. The molecule has 2 amide bonds. The number of nitrogens with two attached hydrogens (primary N) is 1. The first kappa shape index (κ1) is 17.9.